The highest BCUT2D eigenvalue weighted by Gasteiger charge is 2.07. The normalized spacial score (nSPS) is 10.5. The average molecular weight is 258 g/mol. The van der Waals surface area contributed by atoms with E-state index in [0.717, 1.165) is 22.6 Å². The predicted molar refractivity (Wildman–Crippen MR) is 76.4 cm³/mol. The van der Waals surface area contributed by atoms with Crippen molar-refractivity contribution in [2.75, 3.05) is 14.2 Å². The van der Waals surface area contributed by atoms with Gasteiger partial charge in [0.1, 0.15) is 5.75 Å². The van der Waals surface area contributed by atoms with Gasteiger partial charge in [-0.25, -0.2) is 0 Å². The summed E-state index contributed by atoms with van der Waals surface area (Å²) in [6.45, 7) is 0.574. The van der Waals surface area contributed by atoms with Crippen LogP contribution in [0.4, 0.5) is 0 Å². The average Bonchev–Trinajstić information content (AvgIpc) is 2.44. The molecule has 0 radical (unpaired) electrons. The van der Waals surface area contributed by atoms with Crippen molar-refractivity contribution < 1.29 is 4.74 Å². The summed E-state index contributed by atoms with van der Waals surface area (Å²) in [5.74, 6) is 0.782. The summed E-state index contributed by atoms with van der Waals surface area (Å²) in [7, 11) is 5.25. The zero-order valence-corrected chi connectivity index (χ0v) is 11.4. The lowest BCUT2D eigenvalue weighted by Gasteiger charge is -2.11. The largest absolute Gasteiger partial charge is 0.497 e. The summed E-state index contributed by atoms with van der Waals surface area (Å²) in [6.07, 6.45) is 0. The van der Waals surface area contributed by atoms with Crippen molar-refractivity contribution in [1.82, 2.24) is 9.88 Å². The molecule has 0 aliphatic rings. The summed E-state index contributed by atoms with van der Waals surface area (Å²) in [4.78, 5) is 12.2. The van der Waals surface area contributed by atoms with Crippen molar-refractivity contribution in [3.8, 4) is 17.0 Å². The summed E-state index contributed by atoms with van der Waals surface area (Å²) < 4.78 is 6.88. The molecule has 0 saturated heterocycles. The number of methoxy groups -OCH3 is 1. The smallest absolute Gasteiger partial charge is 0.255 e. The van der Waals surface area contributed by atoms with Crippen LogP contribution in [0.25, 0.3) is 11.3 Å². The number of hydrogen-bond donors (Lipinski definition) is 1. The van der Waals surface area contributed by atoms with E-state index in [-0.39, 0.29) is 5.56 Å². The summed E-state index contributed by atoms with van der Waals surface area (Å²) >= 11 is 0. The first kappa shape index (κ1) is 13.4. The third kappa shape index (κ3) is 2.69. The van der Waals surface area contributed by atoms with Crippen molar-refractivity contribution in [3.63, 3.8) is 0 Å². The van der Waals surface area contributed by atoms with Gasteiger partial charge in [0.2, 0.25) is 0 Å². The SMILES string of the molecule is CNCc1ccc(-c2cccc(OC)c2)n(C)c1=O. The maximum absolute atomic E-state index is 12.2. The second kappa shape index (κ2) is 5.71. The molecule has 0 aliphatic carbocycles. The molecule has 100 valence electrons. The zero-order chi connectivity index (χ0) is 13.8. The Balaban J connectivity index is 2.51. The minimum Gasteiger partial charge on any atom is -0.497 e. The number of aromatic nitrogens is 1. The number of benzene rings is 1. The molecule has 2 rings (SSSR count). The van der Waals surface area contributed by atoms with Gasteiger partial charge in [-0.05, 0) is 25.2 Å². The van der Waals surface area contributed by atoms with Gasteiger partial charge in [-0.1, -0.05) is 18.2 Å². The highest BCUT2D eigenvalue weighted by molar-refractivity contribution is 5.61. The number of pyridine rings is 1. The Labute approximate surface area is 112 Å². The zero-order valence-electron chi connectivity index (χ0n) is 11.4. The first-order chi connectivity index (χ1) is 9.17. The highest BCUT2D eigenvalue weighted by atomic mass is 16.5. The quantitative estimate of drug-likeness (QED) is 0.909. The van der Waals surface area contributed by atoms with Crippen LogP contribution >= 0.6 is 0 Å². The Morgan fingerprint density at radius 3 is 2.74 bits per heavy atom. The highest BCUT2D eigenvalue weighted by Crippen LogP contribution is 2.22. The molecule has 0 unspecified atom stereocenters. The Hall–Kier alpha value is -2.07. The third-order valence-electron chi connectivity index (χ3n) is 3.12. The number of nitrogens with zero attached hydrogens (tertiary/aromatic N) is 1. The van der Waals surface area contributed by atoms with Gasteiger partial charge in [0, 0.05) is 24.7 Å². The minimum absolute atomic E-state index is 0.0228. The van der Waals surface area contributed by atoms with E-state index in [4.69, 9.17) is 4.74 Å². The Bertz CT molecular complexity index is 632. The lowest BCUT2D eigenvalue weighted by molar-refractivity contribution is 0.415. The fourth-order valence-electron chi connectivity index (χ4n) is 2.08. The maximum Gasteiger partial charge on any atom is 0.255 e. The van der Waals surface area contributed by atoms with Gasteiger partial charge in [0.05, 0.1) is 12.8 Å². The fraction of sp³-hybridized carbons (Fsp3) is 0.267. The summed E-state index contributed by atoms with van der Waals surface area (Å²) in [6, 6.07) is 11.5. The summed E-state index contributed by atoms with van der Waals surface area (Å²) in [5.41, 5.74) is 2.63. The van der Waals surface area contributed by atoms with E-state index in [2.05, 4.69) is 5.32 Å². The van der Waals surface area contributed by atoms with E-state index in [1.54, 1.807) is 18.7 Å². The van der Waals surface area contributed by atoms with Crippen molar-refractivity contribution in [3.05, 3.63) is 52.3 Å². The monoisotopic (exact) mass is 258 g/mol. The van der Waals surface area contributed by atoms with E-state index in [1.807, 2.05) is 43.4 Å². The molecule has 0 fully saturated rings. The topological polar surface area (TPSA) is 43.3 Å². The maximum atomic E-state index is 12.2. The van der Waals surface area contributed by atoms with E-state index >= 15 is 0 Å². The molecule has 0 bridgehead atoms. The van der Waals surface area contributed by atoms with Crippen LogP contribution in [0, 0.1) is 0 Å². The number of nitrogens with one attached hydrogen (secondary N) is 1. The third-order valence-corrected chi connectivity index (χ3v) is 3.12. The Kier molecular flexibility index (Phi) is 4.02. The van der Waals surface area contributed by atoms with Crippen LogP contribution in [-0.4, -0.2) is 18.7 Å². The Morgan fingerprint density at radius 1 is 1.26 bits per heavy atom. The molecule has 2 aromatic rings. The molecule has 1 heterocycles. The number of rotatable bonds is 4. The number of ether oxygens (including phenoxy) is 1. The lowest BCUT2D eigenvalue weighted by atomic mass is 10.1. The molecule has 0 amide bonds. The van der Waals surface area contributed by atoms with Crippen LogP contribution in [0.1, 0.15) is 5.56 Å². The molecule has 0 spiro atoms. The van der Waals surface area contributed by atoms with E-state index < -0.39 is 0 Å². The van der Waals surface area contributed by atoms with Gasteiger partial charge in [-0.15, -0.1) is 0 Å². The minimum atomic E-state index is 0.0228. The molecule has 1 aromatic heterocycles. The van der Waals surface area contributed by atoms with Gasteiger partial charge in [0.15, 0.2) is 0 Å². The second-order valence-corrected chi connectivity index (χ2v) is 4.37. The van der Waals surface area contributed by atoms with Gasteiger partial charge < -0.3 is 14.6 Å². The van der Waals surface area contributed by atoms with Gasteiger partial charge in [-0.3, -0.25) is 4.79 Å². The molecule has 19 heavy (non-hydrogen) atoms. The predicted octanol–water partition coefficient (Wildman–Crippen LogP) is 1.78. The van der Waals surface area contributed by atoms with Crippen LogP contribution < -0.4 is 15.6 Å². The second-order valence-electron chi connectivity index (χ2n) is 4.37. The molecular weight excluding hydrogens is 240 g/mol. The first-order valence-corrected chi connectivity index (χ1v) is 6.15. The first-order valence-electron chi connectivity index (χ1n) is 6.15. The van der Waals surface area contributed by atoms with Gasteiger partial charge >= 0.3 is 0 Å². The van der Waals surface area contributed by atoms with Gasteiger partial charge in [0.25, 0.3) is 5.56 Å². The van der Waals surface area contributed by atoms with Crippen LogP contribution in [0.2, 0.25) is 0 Å². The van der Waals surface area contributed by atoms with Crippen LogP contribution in [0.3, 0.4) is 0 Å². The molecule has 4 heteroatoms. The van der Waals surface area contributed by atoms with Crippen LogP contribution in [0.5, 0.6) is 5.75 Å². The standard InChI is InChI=1S/C15H18N2O2/c1-16-10-12-7-8-14(17(2)15(12)18)11-5-4-6-13(9-11)19-3/h4-9,16H,10H2,1-3H3. The molecular formula is C15H18N2O2. The lowest BCUT2D eigenvalue weighted by Crippen LogP contribution is -2.25. The van der Waals surface area contributed by atoms with E-state index in [1.165, 1.54) is 0 Å². The fourth-order valence-corrected chi connectivity index (χ4v) is 2.08. The Morgan fingerprint density at radius 2 is 2.05 bits per heavy atom. The molecule has 0 aliphatic heterocycles. The molecule has 1 aromatic carbocycles. The summed E-state index contributed by atoms with van der Waals surface area (Å²) in [5, 5.41) is 3.00. The van der Waals surface area contributed by atoms with Crippen LogP contribution in [-0.2, 0) is 13.6 Å². The van der Waals surface area contributed by atoms with Crippen molar-refractivity contribution >= 4 is 0 Å². The van der Waals surface area contributed by atoms with Crippen molar-refractivity contribution in [2.45, 2.75) is 6.54 Å². The molecule has 0 saturated carbocycles. The van der Waals surface area contributed by atoms with Gasteiger partial charge in [-0.2, -0.15) is 0 Å². The number of hydrogen-bond acceptors (Lipinski definition) is 3. The molecule has 1 N–H and O–H groups in total. The van der Waals surface area contributed by atoms with E-state index in [9.17, 15) is 4.79 Å². The van der Waals surface area contributed by atoms with E-state index in [0.29, 0.717) is 6.54 Å². The molecule has 4 nitrogen and oxygen atoms in total. The van der Waals surface area contributed by atoms with Crippen molar-refractivity contribution in [1.29, 1.82) is 0 Å². The van der Waals surface area contributed by atoms with Crippen LogP contribution in [0.15, 0.2) is 41.2 Å². The van der Waals surface area contributed by atoms with Crippen molar-refractivity contribution in [2.24, 2.45) is 7.05 Å². The molecule has 0 atom stereocenters.